The van der Waals surface area contributed by atoms with Gasteiger partial charge in [0.1, 0.15) is 5.75 Å². The van der Waals surface area contributed by atoms with E-state index in [4.69, 9.17) is 14.2 Å². The Hall–Kier alpha value is -2.87. The molecule has 2 unspecified atom stereocenters. The molecule has 2 aliphatic heterocycles. The molecule has 4 rings (SSSR count). The highest BCUT2D eigenvalue weighted by molar-refractivity contribution is 5.94. The molecular weight excluding hydrogens is 336 g/mol. The lowest BCUT2D eigenvalue weighted by atomic mass is 10.0. The zero-order valence-corrected chi connectivity index (χ0v) is 14.6. The van der Waals surface area contributed by atoms with E-state index in [2.05, 4.69) is 20.2 Å². The van der Waals surface area contributed by atoms with Gasteiger partial charge in [-0.25, -0.2) is 4.98 Å². The van der Waals surface area contributed by atoms with Gasteiger partial charge in [0.2, 0.25) is 5.95 Å². The number of hydrogen-bond donors (Lipinski definition) is 1. The normalized spacial score (nSPS) is 22.2. The van der Waals surface area contributed by atoms with Crippen molar-refractivity contribution in [2.24, 2.45) is 0 Å². The molecule has 1 aromatic heterocycles. The molecule has 0 aliphatic carbocycles. The highest BCUT2D eigenvalue weighted by Crippen LogP contribution is 2.36. The minimum atomic E-state index is -0.223. The summed E-state index contributed by atoms with van der Waals surface area (Å²) in [7, 11) is 1.65. The molecule has 2 aliphatic rings. The topological polar surface area (TPSA) is 85.8 Å². The van der Waals surface area contributed by atoms with E-state index in [9.17, 15) is 4.79 Å². The number of carbonyl (C=O) groups is 1. The quantitative estimate of drug-likeness (QED) is 0.897. The van der Waals surface area contributed by atoms with Crippen LogP contribution in [0.1, 0.15) is 18.5 Å². The van der Waals surface area contributed by atoms with Crippen molar-refractivity contribution in [1.29, 1.82) is 0 Å². The van der Waals surface area contributed by atoms with E-state index in [1.807, 2.05) is 31.2 Å². The van der Waals surface area contributed by atoms with Crippen LogP contribution in [0, 0.1) is 0 Å². The van der Waals surface area contributed by atoms with E-state index in [1.165, 1.54) is 0 Å². The van der Waals surface area contributed by atoms with Crippen molar-refractivity contribution < 1.29 is 19.0 Å². The van der Waals surface area contributed by atoms with E-state index in [0.717, 1.165) is 11.3 Å². The number of carbonyl (C=O) groups excluding carboxylic acids is 1. The van der Waals surface area contributed by atoms with Gasteiger partial charge < -0.3 is 24.4 Å². The van der Waals surface area contributed by atoms with Crippen molar-refractivity contribution in [1.82, 2.24) is 9.97 Å². The number of aromatic nitrogens is 2. The molecule has 0 bridgehead atoms. The maximum atomic E-state index is 11.6. The van der Waals surface area contributed by atoms with Crippen LogP contribution in [0.2, 0.25) is 0 Å². The van der Waals surface area contributed by atoms with Crippen molar-refractivity contribution in [3.05, 3.63) is 36.0 Å². The number of anilines is 2. The summed E-state index contributed by atoms with van der Waals surface area (Å²) in [6.45, 7) is 3.10. The van der Waals surface area contributed by atoms with Crippen molar-refractivity contribution in [2.45, 2.75) is 19.1 Å². The first-order valence-corrected chi connectivity index (χ1v) is 8.46. The first-order chi connectivity index (χ1) is 12.7. The molecule has 1 saturated heterocycles. The maximum absolute atomic E-state index is 11.6. The molecule has 0 saturated carbocycles. The fourth-order valence-electron chi connectivity index (χ4n) is 3.23. The number of nitrogens with one attached hydrogen (secondary N) is 1. The van der Waals surface area contributed by atoms with Crippen LogP contribution >= 0.6 is 0 Å². The Balaban J connectivity index is 1.72. The number of hydrogen-bond acceptors (Lipinski definition) is 7. The van der Waals surface area contributed by atoms with Crippen LogP contribution < -0.4 is 19.7 Å². The molecule has 2 atom stereocenters. The van der Waals surface area contributed by atoms with E-state index in [0.29, 0.717) is 30.7 Å². The summed E-state index contributed by atoms with van der Waals surface area (Å²) < 4.78 is 16.7. The SMILES string of the molecule is COc1ccccc1C1COC(C)CN1c1ncc2c(n1)NC(=O)CO2. The molecule has 1 aromatic carbocycles. The van der Waals surface area contributed by atoms with Gasteiger partial charge in [-0.3, -0.25) is 4.79 Å². The molecule has 0 spiro atoms. The van der Waals surface area contributed by atoms with Crippen LogP contribution in [0.4, 0.5) is 11.8 Å². The van der Waals surface area contributed by atoms with Crippen LogP contribution in [0.3, 0.4) is 0 Å². The standard InChI is InChI=1S/C18H20N4O4/c1-11-8-22(13(9-25-11)12-5-3-4-6-14(12)24-2)18-19-7-15-17(21-18)20-16(23)10-26-15/h3-7,11,13H,8-10H2,1-2H3,(H,19,20,21,23). The number of morpholine rings is 1. The molecule has 1 fully saturated rings. The van der Waals surface area contributed by atoms with Gasteiger partial charge in [-0.15, -0.1) is 0 Å². The zero-order chi connectivity index (χ0) is 18.1. The average Bonchev–Trinajstić information content (AvgIpc) is 2.67. The second kappa shape index (κ2) is 6.80. The highest BCUT2D eigenvalue weighted by atomic mass is 16.5. The van der Waals surface area contributed by atoms with E-state index in [1.54, 1.807) is 13.3 Å². The van der Waals surface area contributed by atoms with E-state index >= 15 is 0 Å². The number of amides is 1. The van der Waals surface area contributed by atoms with Gasteiger partial charge in [0.25, 0.3) is 5.91 Å². The number of ether oxygens (including phenoxy) is 3. The summed E-state index contributed by atoms with van der Waals surface area (Å²) >= 11 is 0. The first-order valence-electron chi connectivity index (χ1n) is 8.46. The van der Waals surface area contributed by atoms with E-state index in [-0.39, 0.29) is 24.7 Å². The Morgan fingerprint density at radius 3 is 3.04 bits per heavy atom. The van der Waals surface area contributed by atoms with Gasteiger partial charge in [0, 0.05) is 12.1 Å². The summed E-state index contributed by atoms with van der Waals surface area (Å²) in [4.78, 5) is 22.6. The van der Waals surface area contributed by atoms with Crippen LogP contribution in [-0.2, 0) is 9.53 Å². The third kappa shape index (κ3) is 3.03. The summed E-state index contributed by atoms with van der Waals surface area (Å²) in [6.07, 6.45) is 1.63. The smallest absolute Gasteiger partial charge is 0.263 e. The first kappa shape index (κ1) is 16.6. The van der Waals surface area contributed by atoms with Crippen LogP contribution in [0.15, 0.2) is 30.5 Å². The Bertz CT molecular complexity index is 829. The highest BCUT2D eigenvalue weighted by Gasteiger charge is 2.32. The molecule has 136 valence electrons. The number of para-hydroxylation sites is 1. The van der Waals surface area contributed by atoms with Gasteiger partial charge in [-0.1, -0.05) is 18.2 Å². The molecule has 26 heavy (non-hydrogen) atoms. The Morgan fingerprint density at radius 1 is 1.35 bits per heavy atom. The molecule has 8 heteroatoms. The van der Waals surface area contributed by atoms with Crippen LogP contribution in [0.25, 0.3) is 0 Å². The molecule has 1 amide bonds. The minimum Gasteiger partial charge on any atom is -0.496 e. The number of fused-ring (bicyclic) bond motifs is 1. The molecule has 8 nitrogen and oxygen atoms in total. The molecule has 2 aromatic rings. The van der Waals surface area contributed by atoms with Gasteiger partial charge >= 0.3 is 0 Å². The van der Waals surface area contributed by atoms with Gasteiger partial charge in [0.15, 0.2) is 18.2 Å². The zero-order valence-electron chi connectivity index (χ0n) is 14.6. The van der Waals surface area contributed by atoms with Crippen molar-refractivity contribution in [3.8, 4) is 11.5 Å². The lowest BCUT2D eigenvalue weighted by Crippen LogP contribution is -2.44. The number of benzene rings is 1. The van der Waals surface area contributed by atoms with Crippen LogP contribution in [-0.4, -0.2) is 48.8 Å². The Kier molecular flexibility index (Phi) is 4.34. The summed E-state index contributed by atoms with van der Waals surface area (Å²) in [5.41, 5.74) is 1.00. The van der Waals surface area contributed by atoms with E-state index < -0.39 is 0 Å². The second-order valence-electron chi connectivity index (χ2n) is 6.27. The van der Waals surface area contributed by atoms with Crippen molar-refractivity contribution in [2.75, 3.05) is 37.1 Å². The summed E-state index contributed by atoms with van der Waals surface area (Å²) in [5, 5.41) is 2.73. The lowest BCUT2D eigenvalue weighted by molar-refractivity contribution is -0.118. The van der Waals surface area contributed by atoms with Crippen molar-refractivity contribution in [3.63, 3.8) is 0 Å². The third-order valence-electron chi connectivity index (χ3n) is 4.48. The monoisotopic (exact) mass is 356 g/mol. The Morgan fingerprint density at radius 2 is 2.19 bits per heavy atom. The van der Waals surface area contributed by atoms with Crippen LogP contribution in [0.5, 0.6) is 11.5 Å². The average molecular weight is 356 g/mol. The Labute approximate surface area is 151 Å². The van der Waals surface area contributed by atoms with Gasteiger partial charge in [-0.2, -0.15) is 4.98 Å². The fourth-order valence-corrected chi connectivity index (χ4v) is 3.23. The van der Waals surface area contributed by atoms with Gasteiger partial charge in [0.05, 0.1) is 32.1 Å². The number of methoxy groups -OCH3 is 1. The molecule has 3 heterocycles. The third-order valence-corrected chi connectivity index (χ3v) is 4.48. The van der Waals surface area contributed by atoms with Gasteiger partial charge in [-0.05, 0) is 13.0 Å². The minimum absolute atomic E-state index is 0.0197. The molecular formula is C18H20N4O4. The predicted octanol–water partition coefficient (Wildman–Crippen LogP) is 1.78. The fraction of sp³-hybridized carbons (Fsp3) is 0.389. The number of nitrogens with zero attached hydrogens (tertiary/aromatic N) is 3. The molecule has 1 N–H and O–H groups in total. The summed E-state index contributed by atoms with van der Waals surface area (Å²) in [5.74, 6) is 1.95. The number of rotatable bonds is 3. The summed E-state index contributed by atoms with van der Waals surface area (Å²) in [6, 6.07) is 7.74. The predicted molar refractivity (Wildman–Crippen MR) is 94.7 cm³/mol. The maximum Gasteiger partial charge on any atom is 0.263 e. The van der Waals surface area contributed by atoms with Crippen molar-refractivity contribution >= 4 is 17.7 Å². The molecule has 0 radical (unpaired) electrons. The second-order valence-corrected chi connectivity index (χ2v) is 6.27. The lowest BCUT2D eigenvalue weighted by Gasteiger charge is -2.39. The largest absolute Gasteiger partial charge is 0.496 e.